The first-order valence-corrected chi connectivity index (χ1v) is 29.1. The first kappa shape index (κ1) is 66.7. The van der Waals surface area contributed by atoms with Crippen LogP contribution in [0.1, 0.15) is 206 Å². The third-order valence-corrected chi connectivity index (χ3v) is 12.3. The number of phosphoric acid groups is 1. The molecule has 0 fully saturated rings. The molecule has 0 saturated carbocycles. The number of nitrogens with zero attached hydrogens (tertiary/aromatic N) is 1. The molecule has 0 bridgehead atoms. The smallest absolute Gasteiger partial charge is 0.462 e. The van der Waals surface area contributed by atoms with Gasteiger partial charge in [0.1, 0.15) is 19.8 Å². The van der Waals surface area contributed by atoms with E-state index in [-0.39, 0.29) is 32.0 Å². The van der Waals surface area contributed by atoms with Crippen molar-refractivity contribution < 1.29 is 42.1 Å². The third-order valence-electron chi connectivity index (χ3n) is 11.3. The van der Waals surface area contributed by atoms with Crippen molar-refractivity contribution in [2.75, 3.05) is 47.5 Å². The van der Waals surface area contributed by atoms with Gasteiger partial charge in [0, 0.05) is 12.8 Å². The van der Waals surface area contributed by atoms with Crippen LogP contribution in [0.4, 0.5) is 0 Å². The van der Waals surface area contributed by atoms with Crippen LogP contribution in [-0.2, 0) is 32.7 Å². The maximum atomic E-state index is 12.7. The lowest BCUT2D eigenvalue weighted by molar-refractivity contribution is -0.870. The summed E-state index contributed by atoms with van der Waals surface area (Å²) in [6, 6.07) is 0. The highest BCUT2D eigenvalue weighted by Gasteiger charge is 2.27. The number of unbranched alkanes of at least 4 members (excludes halogenated alkanes) is 17. The number of phosphoric ester groups is 1. The number of likely N-dealkylation sites (N-methyl/N-ethyl adjacent to an activating group) is 1. The van der Waals surface area contributed by atoms with Crippen LogP contribution in [0.2, 0.25) is 0 Å². The average molecular weight is 997 g/mol. The van der Waals surface area contributed by atoms with Crippen molar-refractivity contribution >= 4 is 19.8 Å². The maximum Gasteiger partial charge on any atom is 0.472 e. The Hall–Kier alpha value is -3.33. The molecule has 0 aliphatic rings. The summed E-state index contributed by atoms with van der Waals surface area (Å²) in [6.07, 6.45) is 70.3. The molecule has 70 heavy (non-hydrogen) atoms. The van der Waals surface area contributed by atoms with Crippen molar-refractivity contribution in [3.8, 4) is 0 Å². The SMILES string of the molecule is CC/C=C\C/C=C\C/C=C\C/C=C\C/C=C\CCCC(=O)OC(COC(=O)CCCCCCCCCCCCCCCCCC/C=C\C/C=C\C/C=C\C/C=C\CC)COP(=O)(O)OCC[N+](C)(C)C. The highest BCUT2D eigenvalue weighted by molar-refractivity contribution is 7.47. The van der Waals surface area contributed by atoms with E-state index in [1.807, 2.05) is 27.2 Å². The van der Waals surface area contributed by atoms with Crippen molar-refractivity contribution in [1.82, 2.24) is 0 Å². The van der Waals surface area contributed by atoms with Crippen LogP contribution in [0.15, 0.2) is 109 Å². The van der Waals surface area contributed by atoms with E-state index >= 15 is 0 Å². The Bertz CT molecular complexity index is 1550. The highest BCUT2D eigenvalue weighted by atomic mass is 31.2. The Morgan fingerprint density at radius 3 is 1.19 bits per heavy atom. The molecule has 0 radical (unpaired) electrons. The fraction of sp³-hybridized carbons (Fsp3) is 0.667. The number of carbonyl (C=O) groups excluding carboxylic acids is 2. The Balaban J connectivity index is 4.19. The number of ether oxygens (including phenoxy) is 2. The van der Waals surface area contributed by atoms with Gasteiger partial charge in [-0.1, -0.05) is 213 Å². The summed E-state index contributed by atoms with van der Waals surface area (Å²) in [5.41, 5.74) is 0. The van der Waals surface area contributed by atoms with Gasteiger partial charge in [0.05, 0.1) is 27.7 Å². The van der Waals surface area contributed by atoms with Crippen molar-refractivity contribution in [2.45, 2.75) is 213 Å². The number of carbonyl (C=O) groups is 2. The first-order chi connectivity index (χ1) is 34.0. The van der Waals surface area contributed by atoms with Crippen LogP contribution in [0.5, 0.6) is 0 Å². The number of allylic oxidation sites excluding steroid dienone is 18. The fourth-order valence-electron chi connectivity index (χ4n) is 7.10. The lowest BCUT2D eigenvalue weighted by Crippen LogP contribution is -2.37. The minimum atomic E-state index is -4.40. The zero-order valence-electron chi connectivity index (χ0n) is 45.2. The van der Waals surface area contributed by atoms with Crippen LogP contribution < -0.4 is 0 Å². The number of hydrogen-bond acceptors (Lipinski definition) is 7. The van der Waals surface area contributed by atoms with Gasteiger partial charge in [0.25, 0.3) is 0 Å². The zero-order chi connectivity index (χ0) is 51.3. The minimum absolute atomic E-state index is 0.0163. The average Bonchev–Trinajstić information content (AvgIpc) is 3.32. The molecule has 0 heterocycles. The quantitative estimate of drug-likeness (QED) is 0.0211. The predicted octanol–water partition coefficient (Wildman–Crippen LogP) is 17.0. The lowest BCUT2D eigenvalue weighted by atomic mass is 10.0. The molecular formula is C60H103NO8P+. The number of hydrogen-bond donors (Lipinski definition) is 1. The number of quaternary nitrogens is 1. The molecule has 0 aromatic heterocycles. The van der Waals surface area contributed by atoms with Crippen LogP contribution in [0.3, 0.4) is 0 Å². The van der Waals surface area contributed by atoms with Gasteiger partial charge >= 0.3 is 19.8 Å². The second kappa shape index (κ2) is 50.6. The van der Waals surface area contributed by atoms with Crippen molar-refractivity contribution in [3.05, 3.63) is 109 Å². The molecule has 0 aliphatic heterocycles. The van der Waals surface area contributed by atoms with Gasteiger partial charge in [-0.15, -0.1) is 0 Å². The van der Waals surface area contributed by atoms with Crippen molar-refractivity contribution in [1.29, 1.82) is 0 Å². The normalized spacial score (nSPS) is 14.2. The van der Waals surface area contributed by atoms with Gasteiger partial charge in [-0.05, 0) is 89.9 Å². The predicted molar refractivity (Wildman–Crippen MR) is 298 cm³/mol. The molecule has 400 valence electrons. The zero-order valence-corrected chi connectivity index (χ0v) is 46.1. The molecular weight excluding hydrogens is 894 g/mol. The summed E-state index contributed by atoms with van der Waals surface area (Å²) in [5, 5.41) is 0. The summed E-state index contributed by atoms with van der Waals surface area (Å²) in [6.45, 7) is 4.13. The molecule has 0 aliphatic carbocycles. The van der Waals surface area contributed by atoms with Gasteiger partial charge in [-0.2, -0.15) is 0 Å². The lowest BCUT2D eigenvalue weighted by Gasteiger charge is -2.24. The van der Waals surface area contributed by atoms with E-state index in [4.69, 9.17) is 18.5 Å². The molecule has 2 atom stereocenters. The van der Waals surface area contributed by atoms with E-state index in [1.165, 1.54) is 89.9 Å². The Morgan fingerprint density at radius 2 is 0.786 bits per heavy atom. The summed E-state index contributed by atoms with van der Waals surface area (Å²) in [7, 11) is 1.43. The van der Waals surface area contributed by atoms with Gasteiger partial charge in [0.2, 0.25) is 0 Å². The van der Waals surface area contributed by atoms with E-state index in [0.29, 0.717) is 23.9 Å². The molecule has 0 amide bonds. The monoisotopic (exact) mass is 997 g/mol. The highest BCUT2D eigenvalue weighted by Crippen LogP contribution is 2.43. The molecule has 2 unspecified atom stereocenters. The van der Waals surface area contributed by atoms with Gasteiger partial charge < -0.3 is 18.9 Å². The van der Waals surface area contributed by atoms with Crippen molar-refractivity contribution in [2.24, 2.45) is 0 Å². The summed E-state index contributed by atoms with van der Waals surface area (Å²) >= 11 is 0. The second-order valence-electron chi connectivity index (χ2n) is 19.2. The van der Waals surface area contributed by atoms with E-state index in [0.717, 1.165) is 77.0 Å². The standard InChI is InChI=1S/C60H102NO8P/c1-6-8-10-12-14-16-18-20-22-24-25-26-27-28-29-30-31-32-33-34-35-37-38-40-42-44-46-48-50-52-59(62)66-56-58(57-68-70(64,65)67-55-54-61(3,4)5)69-60(63)53-51-49-47-45-43-41-39-36-23-21-19-17-15-13-11-9-7-2/h8-11,14-17,20-23,25-26,39,41,45,47,58H,6-7,12-13,18-19,24,27-38,40,42-44,46,48-57H2,1-5H3/p+1/b10-8-,11-9-,16-14-,17-15-,22-20-,23-21-,26-25-,41-39-,47-45-. The van der Waals surface area contributed by atoms with Gasteiger partial charge in [0.15, 0.2) is 6.10 Å². The second-order valence-corrected chi connectivity index (χ2v) is 20.7. The third kappa shape index (κ3) is 54.0. The van der Waals surface area contributed by atoms with E-state index in [9.17, 15) is 19.0 Å². The molecule has 0 rings (SSSR count). The Morgan fingerprint density at radius 1 is 0.443 bits per heavy atom. The molecule has 9 nitrogen and oxygen atoms in total. The van der Waals surface area contributed by atoms with Crippen LogP contribution in [-0.4, -0.2) is 74.9 Å². The first-order valence-electron chi connectivity index (χ1n) is 27.6. The molecule has 0 aromatic rings. The largest absolute Gasteiger partial charge is 0.472 e. The Labute approximate surface area is 429 Å². The van der Waals surface area contributed by atoms with Gasteiger partial charge in [-0.25, -0.2) is 4.57 Å². The topological polar surface area (TPSA) is 108 Å². The van der Waals surface area contributed by atoms with Gasteiger partial charge in [-0.3, -0.25) is 18.6 Å². The van der Waals surface area contributed by atoms with Crippen LogP contribution in [0, 0.1) is 0 Å². The van der Waals surface area contributed by atoms with E-state index in [1.54, 1.807) is 0 Å². The van der Waals surface area contributed by atoms with E-state index < -0.39 is 26.5 Å². The molecule has 1 N–H and O–H groups in total. The summed E-state index contributed by atoms with van der Waals surface area (Å²) in [4.78, 5) is 35.6. The molecule has 10 heteroatoms. The van der Waals surface area contributed by atoms with Crippen LogP contribution >= 0.6 is 7.82 Å². The molecule has 0 saturated heterocycles. The summed E-state index contributed by atoms with van der Waals surface area (Å²) in [5.74, 6) is -0.870. The summed E-state index contributed by atoms with van der Waals surface area (Å²) < 4.78 is 34.4. The van der Waals surface area contributed by atoms with Crippen molar-refractivity contribution in [3.63, 3.8) is 0 Å². The number of esters is 2. The maximum absolute atomic E-state index is 12.7. The molecule has 0 aromatic carbocycles. The minimum Gasteiger partial charge on any atom is -0.462 e. The van der Waals surface area contributed by atoms with E-state index in [2.05, 4.69) is 117 Å². The Kier molecular flexibility index (Phi) is 48.2. The molecule has 0 spiro atoms. The van der Waals surface area contributed by atoms with Crippen LogP contribution in [0.25, 0.3) is 0 Å². The number of rotatable bonds is 49. The fourth-order valence-corrected chi connectivity index (χ4v) is 7.84.